The van der Waals surface area contributed by atoms with Gasteiger partial charge in [0.1, 0.15) is 10.5 Å². The molecule has 108 valence electrons. The molecule has 3 rings (SSSR count). The number of thiophene rings is 1. The molecule has 3 aromatic heterocycles. The monoisotopic (exact) mass is 319 g/mol. The van der Waals surface area contributed by atoms with E-state index in [2.05, 4.69) is 16.7 Å². The average molecular weight is 319 g/mol. The van der Waals surface area contributed by atoms with Crippen molar-refractivity contribution in [3.8, 4) is 0 Å². The first kappa shape index (κ1) is 14.1. The van der Waals surface area contributed by atoms with Crippen LogP contribution in [0.4, 0.5) is 0 Å². The molecule has 0 spiro atoms. The van der Waals surface area contributed by atoms with Gasteiger partial charge in [-0.3, -0.25) is 9.36 Å². The van der Waals surface area contributed by atoms with Crippen molar-refractivity contribution in [3.63, 3.8) is 0 Å². The number of rotatable bonds is 5. The van der Waals surface area contributed by atoms with Crippen LogP contribution >= 0.6 is 23.1 Å². The van der Waals surface area contributed by atoms with Gasteiger partial charge in [0.2, 0.25) is 0 Å². The summed E-state index contributed by atoms with van der Waals surface area (Å²) in [4.78, 5) is 17.0. The molecule has 0 aromatic carbocycles. The van der Waals surface area contributed by atoms with Gasteiger partial charge in [-0.2, -0.15) is 0 Å². The standard InChI is InChI=1S/C14H13N3O2S2/c1-3-5-17-13(18)12-11(4-6-20-12)15-14(17)21-8-10-7-9(2)16-19-10/h3-4,6-7H,1,5,8H2,2H3. The zero-order valence-corrected chi connectivity index (χ0v) is 13.0. The normalized spacial score (nSPS) is 11.1. The highest BCUT2D eigenvalue weighted by Crippen LogP contribution is 2.24. The molecular formula is C14H13N3O2S2. The first-order chi connectivity index (χ1) is 10.2. The minimum atomic E-state index is -0.0221. The smallest absolute Gasteiger partial charge is 0.272 e. The maximum atomic E-state index is 12.5. The predicted octanol–water partition coefficient (Wildman–Crippen LogP) is 3.23. The van der Waals surface area contributed by atoms with E-state index >= 15 is 0 Å². The van der Waals surface area contributed by atoms with Gasteiger partial charge in [-0.25, -0.2) is 4.98 Å². The molecule has 0 unspecified atom stereocenters. The lowest BCUT2D eigenvalue weighted by atomic mass is 10.4. The zero-order chi connectivity index (χ0) is 14.8. The Labute approximate surface area is 129 Å². The minimum absolute atomic E-state index is 0.0221. The molecule has 0 atom stereocenters. The van der Waals surface area contributed by atoms with Crippen LogP contribution < -0.4 is 5.56 Å². The minimum Gasteiger partial charge on any atom is -0.360 e. The van der Waals surface area contributed by atoms with E-state index in [1.54, 1.807) is 10.6 Å². The van der Waals surface area contributed by atoms with Crippen LogP contribution in [0.1, 0.15) is 11.5 Å². The molecule has 0 N–H and O–H groups in total. The topological polar surface area (TPSA) is 60.9 Å². The fraction of sp³-hybridized carbons (Fsp3) is 0.214. The Morgan fingerprint density at radius 1 is 1.57 bits per heavy atom. The van der Waals surface area contributed by atoms with Crippen LogP contribution in [0.25, 0.3) is 10.2 Å². The highest BCUT2D eigenvalue weighted by atomic mass is 32.2. The van der Waals surface area contributed by atoms with E-state index in [4.69, 9.17) is 4.52 Å². The summed E-state index contributed by atoms with van der Waals surface area (Å²) < 4.78 is 7.50. The number of fused-ring (bicyclic) bond motifs is 1. The van der Waals surface area contributed by atoms with Crippen molar-refractivity contribution in [1.82, 2.24) is 14.7 Å². The average Bonchev–Trinajstić information content (AvgIpc) is 3.09. The molecule has 0 aliphatic carbocycles. The number of thioether (sulfide) groups is 1. The van der Waals surface area contributed by atoms with E-state index in [-0.39, 0.29) is 5.56 Å². The van der Waals surface area contributed by atoms with Crippen LogP contribution in [-0.4, -0.2) is 14.7 Å². The molecule has 7 heteroatoms. The number of aromatic nitrogens is 3. The molecule has 3 heterocycles. The SMILES string of the molecule is C=CCn1c(SCc2cc(C)no2)nc2ccsc2c1=O. The van der Waals surface area contributed by atoms with Gasteiger partial charge < -0.3 is 4.52 Å². The molecule has 21 heavy (non-hydrogen) atoms. The van der Waals surface area contributed by atoms with Gasteiger partial charge in [0.15, 0.2) is 5.16 Å². The highest BCUT2D eigenvalue weighted by molar-refractivity contribution is 7.98. The van der Waals surface area contributed by atoms with E-state index in [0.717, 1.165) is 17.0 Å². The van der Waals surface area contributed by atoms with Crippen LogP contribution in [0.3, 0.4) is 0 Å². The van der Waals surface area contributed by atoms with E-state index in [9.17, 15) is 4.79 Å². The lowest BCUT2D eigenvalue weighted by Gasteiger charge is -2.08. The molecule has 0 saturated heterocycles. The summed E-state index contributed by atoms with van der Waals surface area (Å²) in [7, 11) is 0. The molecule has 3 aromatic rings. The van der Waals surface area contributed by atoms with Crippen LogP contribution in [0.5, 0.6) is 0 Å². The summed E-state index contributed by atoms with van der Waals surface area (Å²) in [5.74, 6) is 1.35. The summed E-state index contributed by atoms with van der Waals surface area (Å²) in [5.41, 5.74) is 1.56. The van der Waals surface area contributed by atoms with Gasteiger partial charge in [0, 0.05) is 12.6 Å². The number of nitrogens with zero attached hydrogens (tertiary/aromatic N) is 3. The molecule has 0 amide bonds. The van der Waals surface area contributed by atoms with Gasteiger partial charge in [-0.15, -0.1) is 17.9 Å². The summed E-state index contributed by atoms with van der Waals surface area (Å²) in [6.45, 7) is 6.02. The molecule has 0 fully saturated rings. The molecule has 5 nitrogen and oxygen atoms in total. The molecule has 0 aliphatic heterocycles. The fourth-order valence-corrected chi connectivity index (χ4v) is 3.61. The molecule has 0 saturated carbocycles. The lowest BCUT2D eigenvalue weighted by Crippen LogP contribution is -2.21. The number of aryl methyl sites for hydroxylation is 1. The summed E-state index contributed by atoms with van der Waals surface area (Å²) in [5, 5.41) is 6.40. The second-order valence-corrected chi connectivity index (χ2v) is 6.32. The Morgan fingerprint density at radius 3 is 3.14 bits per heavy atom. The number of allylic oxidation sites excluding steroid dienone is 1. The van der Waals surface area contributed by atoms with Gasteiger partial charge in [-0.05, 0) is 18.4 Å². The van der Waals surface area contributed by atoms with Crippen LogP contribution in [0.2, 0.25) is 0 Å². The first-order valence-corrected chi connectivity index (χ1v) is 8.19. The summed E-state index contributed by atoms with van der Waals surface area (Å²) >= 11 is 2.87. The summed E-state index contributed by atoms with van der Waals surface area (Å²) in [6, 6.07) is 3.74. The predicted molar refractivity (Wildman–Crippen MR) is 84.9 cm³/mol. The molecule has 0 bridgehead atoms. The Hall–Kier alpha value is -1.86. The third-order valence-electron chi connectivity index (χ3n) is 2.86. The quantitative estimate of drug-likeness (QED) is 0.410. The fourth-order valence-electron chi connectivity index (χ4n) is 1.94. The van der Waals surface area contributed by atoms with Crippen molar-refractivity contribution in [1.29, 1.82) is 0 Å². The second-order valence-electron chi connectivity index (χ2n) is 4.46. The lowest BCUT2D eigenvalue weighted by molar-refractivity contribution is 0.391. The van der Waals surface area contributed by atoms with Crippen molar-refractivity contribution in [2.75, 3.05) is 0 Å². The first-order valence-electron chi connectivity index (χ1n) is 6.33. The van der Waals surface area contributed by atoms with Crippen molar-refractivity contribution >= 4 is 33.3 Å². The Bertz CT molecular complexity index is 847. The third kappa shape index (κ3) is 2.79. The van der Waals surface area contributed by atoms with Crippen LogP contribution in [0, 0.1) is 6.92 Å². The largest absolute Gasteiger partial charge is 0.360 e. The van der Waals surface area contributed by atoms with Crippen molar-refractivity contribution in [2.45, 2.75) is 24.4 Å². The maximum absolute atomic E-state index is 12.5. The maximum Gasteiger partial charge on any atom is 0.272 e. The van der Waals surface area contributed by atoms with Gasteiger partial charge in [0.25, 0.3) is 5.56 Å². The van der Waals surface area contributed by atoms with E-state index in [1.807, 2.05) is 24.4 Å². The summed E-state index contributed by atoms with van der Waals surface area (Å²) in [6.07, 6.45) is 1.70. The molecule has 0 radical (unpaired) electrons. The van der Waals surface area contributed by atoms with E-state index < -0.39 is 0 Å². The van der Waals surface area contributed by atoms with Crippen molar-refractivity contribution in [2.24, 2.45) is 0 Å². The van der Waals surface area contributed by atoms with Gasteiger partial charge >= 0.3 is 0 Å². The van der Waals surface area contributed by atoms with Crippen LogP contribution in [0.15, 0.2) is 44.6 Å². The molecule has 0 aliphatic rings. The number of hydrogen-bond donors (Lipinski definition) is 0. The van der Waals surface area contributed by atoms with Gasteiger partial charge in [-0.1, -0.05) is 23.0 Å². The van der Waals surface area contributed by atoms with E-state index in [0.29, 0.717) is 22.2 Å². The molecular weight excluding hydrogens is 306 g/mol. The zero-order valence-electron chi connectivity index (χ0n) is 11.4. The van der Waals surface area contributed by atoms with E-state index in [1.165, 1.54) is 23.1 Å². The third-order valence-corrected chi connectivity index (χ3v) is 4.75. The Morgan fingerprint density at radius 2 is 2.43 bits per heavy atom. The van der Waals surface area contributed by atoms with Crippen molar-refractivity contribution in [3.05, 3.63) is 52.0 Å². The second kappa shape index (κ2) is 5.87. The number of hydrogen-bond acceptors (Lipinski definition) is 6. The Balaban J connectivity index is 1.97. The van der Waals surface area contributed by atoms with Crippen LogP contribution in [-0.2, 0) is 12.3 Å². The highest BCUT2D eigenvalue weighted by Gasteiger charge is 2.12. The Kier molecular flexibility index (Phi) is 3.94. The van der Waals surface area contributed by atoms with Gasteiger partial charge in [0.05, 0.1) is 17.0 Å². The van der Waals surface area contributed by atoms with Crippen molar-refractivity contribution < 1.29 is 4.52 Å².